The van der Waals surface area contributed by atoms with Crippen molar-refractivity contribution in [2.45, 2.75) is 25.7 Å². The summed E-state index contributed by atoms with van der Waals surface area (Å²) in [5, 5.41) is 3.37. The maximum Gasteiger partial charge on any atom is 0.234 e. The predicted octanol–water partition coefficient (Wildman–Crippen LogP) is 1.46. The van der Waals surface area contributed by atoms with Gasteiger partial charge in [0.05, 0.1) is 19.0 Å². The molecule has 3 rings (SSSR count). The molecule has 2 aliphatic heterocycles. The highest BCUT2D eigenvalue weighted by atomic mass is 16.5. The van der Waals surface area contributed by atoms with Crippen LogP contribution in [0.3, 0.4) is 0 Å². The summed E-state index contributed by atoms with van der Waals surface area (Å²) in [6.45, 7) is 5.15. The smallest absolute Gasteiger partial charge is 0.234 e. The standard InChI is InChI=1S/C14H22N4O/c1-2-8-18(7-1)13-9-16-10-14(17-13)19-11-12-3-5-15-6-4-12/h9-10,12,15H,1-8,11H2. The number of aromatic nitrogens is 2. The fourth-order valence-electron chi connectivity index (χ4n) is 2.76. The zero-order chi connectivity index (χ0) is 12.9. The molecule has 2 fully saturated rings. The summed E-state index contributed by atoms with van der Waals surface area (Å²) < 4.78 is 5.82. The minimum Gasteiger partial charge on any atom is -0.476 e. The predicted molar refractivity (Wildman–Crippen MR) is 74.6 cm³/mol. The fourth-order valence-corrected chi connectivity index (χ4v) is 2.76. The first kappa shape index (κ1) is 12.7. The Morgan fingerprint density at radius 3 is 2.79 bits per heavy atom. The summed E-state index contributed by atoms with van der Waals surface area (Å²) in [5.74, 6) is 2.28. The van der Waals surface area contributed by atoms with Crippen LogP contribution in [0.15, 0.2) is 12.4 Å². The van der Waals surface area contributed by atoms with Crippen molar-refractivity contribution in [1.29, 1.82) is 0 Å². The Labute approximate surface area is 114 Å². The van der Waals surface area contributed by atoms with Gasteiger partial charge in [0.1, 0.15) is 0 Å². The Hall–Kier alpha value is -1.36. The van der Waals surface area contributed by atoms with Crippen molar-refractivity contribution in [3.05, 3.63) is 12.4 Å². The van der Waals surface area contributed by atoms with E-state index in [9.17, 15) is 0 Å². The number of ether oxygens (including phenoxy) is 1. The lowest BCUT2D eigenvalue weighted by molar-refractivity contribution is 0.208. The molecule has 2 saturated heterocycles. The van der Waals surface area contributed by atoms with Gasteiger partial charge in [-0.2, -0.15) is 4.98 Å². The molecule has 1 N–H and O–H groups in total. The van der Waals surface area contributed by atoms with Gasteiger partial charge in [-0.25, -0.2) is 0 Å². The number of hydrogen-bond acceptors (Lipinski definition) is 5. The SMILES string of the molecule is c1ncc(N2CCCC2)nc1OCC1CCNCC1. The summed E-state index contributed by atoms with van der Waals surface area (Å²) in [6, 6.07) is 0. The van der Waals surface area contributed by atoms with E-state index in [2.05, 4.69) is 20.2 Å². The second-order valence-corrected chi connectivity index (χ2v) is 5.41. The lowest BCUT2D eigenvalue weighted by Crippen LogP contribution is -2.30. The van der Waals surface area contributed by atoms with Gasteiger partial charge in [-0.05, 0) is 44.7 Å². The monoisotopic (exact) mass is 262 g/mol. The first-order chi connectivity index (χ1) is 9.42. The molecule has 0 bridgehead atoms. The Morgan fingerprint density at radius 1 is 1.21 bits per heavy atom. The van der Waals surface area contributed by atoms with Gasteiger partial charge < -0.3 is 15.0 Å². The van der Waals surface area contributed by atoms with E-state index in [1.165, 1.54) is 25.7 Å². The van der Waals surface area contributed by atoms with Gasteiger partial charge in [0, 0.05) is 13.1 Å². The van der Waals surface area contributed by atoms with Crippen molar-refractivity contribution in [2.75, 3.05) is 37.7 Å². The molecule has 0 aromatic carbocycles. The van der Waals surface area contributed by atoms with E-state index in [0.29, 0.717) is 11.8 Å². The van der Waals surface area contributed by atoms with E-state index in [-0.39, 0.29) is 0 Å². The average Bonchev–Trinajstić information content (AvgIpc) is 3.01. The zero-order valence-corrected chi connectivity index (χ0v) is 11.3. The van der Waals surface area contributed by atoms with Gasteiger partial charge in [0.2, 0.25) is 5.88 Å². The average molecular weight is 262 g/mol. The quantitative estimate of drug-likeness (QED) is 0.890. The minimum absolute atomic E-state index is 0.651. The number of nitrogens with one attached hydrogen (secondary N) is 1. The van der Waals surface area contributed by atoms with Crippen LogP contribution in [0.4, 0.5) is 5.82 Å². The molecule has 3 heterocycles. The maximum atomic E-state index is 5.82. The first-order valence-corrected chi connectivity index (χ1v) is 7.32. The highest BCUT2D eigenvalue weighted by molar-refractivity contribution is 5.38. The van der Waals surface area contributed by atoms with Crippen LogP contribution < -0.4 is 15.0 Å². The molecule has 1 aromatic rings. The van der Waals surface area contributed by atoms with Gasteiger partial charge in [0.15, 0.2) is 5.82 Å². The molecule has 0 atom stereocenters. The van der Waals surface area contributed by atoms with Crippen LogP contribution in [0.2, 0.25) is 0 Å². The van der Waals surface area contributed by atoms with Gasteiger partial charge >= 0.3 is 0 Å². The molecule has 5 nitrogen and oxygen atoms in total. The largest absolute Gasteiger partial charge is 0.476 e. The Balaban J connectivity index is 1.56. The summed E-state index contributed by atoms with van der Waals surface area (Å²) in [4.78, 5) is 11.1. The highest BCUT2D eigenvalue weighted by Crippen LogP contribution is 2.20. The lowest BCUT2D eigenvalue weighted by atomic mass is 9.99. The molecule has 0 unspecified atom stereocenters. The van der Waals surface area contributed by atoms with E-state index in [4.69, 9.17) is 4.74 Å². The van der Waals surface area contributed by atoms with Gasteiger partial charge in [-0.15, -0.1) is 0 Å². The number of nitrogens with zero attached hydrogens (tertiary/aromatic N) is 3. The maximum absolute atomic E-state index is 5.82. The Morgan fingerprint density at radius 2 is 2.00 bits per heavy atom. The molecule has 104 valence electrons. The van der Waals surface area contributed by atoms with Gasteiger partial charge in [0.25, 0.3) is 0 Å². The van der Waals surface area contributed by atoms with Crippen LogP contribution in [-0.4, -0.2) is 42.8 Å². The third-order valence-electron chi connectivity index (χ3n) is 3.96. The molecule has 1 aromatic heterocycles. The normalized spacial score (nSPS) is 20.7. The molecule has 2 aliphatic rings. The third kappa shape index (κ3) is 3.35. The topological polar surface area (TPSA) is 50.3 Å². The fraction of sp³-hybridized carbons (Fsp3) is 0.714. The van der Waals surface area contributed by atoms with Crippen molar-refractivity contribution in [1.82, 2.24) is 15.3 Å². The van der Waals surface area contributed by atoms with E-state index in [1.807, 2.05) is 6.20 Å². The number of piperidine rings is 1. The van der Waals surface area contributed by atoms with Crippen molar-refractivity contribution in [3.63, 3.8) is 0 Å². The molecule has 19 heavy (non-hydrogen) atoms. The Bertz CT molecular complexity index is 400. The van der Waals surface area contributed by atoms with Gasteiger partial charge in [-0.1, -0.05) is 0 Å². The van der Waals surface area contributed by atoms with Crippen LogP contribution in [0.1, 0.15) is 25.7 Å². The lowest BCUT2D eigenvalue weighted by Gasteiger charge is -2.22. The molecule has 0 radical (unpaired) electrons. The van der Waals surface area contributed by atoms with Crippen molar-refractivity contribution >= 4 is 5.82 Å². The van der Waals surface area contributed by atoms with Crippen LogP contribution in [0, 0.1) is 5.92 Å². The molecule has 0 aliphatic carbocycles. The third-order valence-corrected chi connectivity index (χ3v) is 3.96. The highest BCUT2D eigenvalue weighted by Gasteiger charge is 2.16. The molecule has 0 amide bonds. The minimum atomic E-state index is 0.651. The van der Waals surface area contributed by atoms with Crippen LogP contribution in [0.5, 0.6) is 5.88 Å². The molecule has 0 spiro atoms. The number of anilines is 1. The molecular formula is C14H22N4O. The summed E-state index contributed by atoms with van der Waals surface area (Å²) in [6.07, 6.45) is 8.45. The van der Waals surface area contributed by atoms with E-state index < -0.39 is 0 Å². The molecular weight excluding hydrogens is 240 g/mol. The first-order valence-electron chi connectivity index (χ1n) is 7.32. The molecule has 0 saturated carbocycles. The van der Waals surface area contributed by atoms with Crippen LogP contribution in [0.25, 0.3) is 0 Å². The zero-order valence-electron chi connectivity index (χ0n) is 11.3. The summed E-state index contributed by atoms with van der Waals surface area (Å²) in [7, 11) is 0. The van der Waals surface area contributed by atoms with E-state index in [1.54, 1.807) is 6.20 Å². The van der Waals surface area contributed by atoms with Crippen molar-refractivity contribution in [2.24, 2.45) is 5.92 Å². The Kier molecular flexibility index (Phi) is 4.13. The van der Waals surface area contributed by atoms with Crippen molar-refractivity contribution in [3.8, 4) is 5.88 Å². The van der Waals surface area contributed by atoms with Gasteiger partial charge in [-0.3, -0.25) is 4.98 Å². The second kappa shape index (κ2) is 6.19. The number of rotatable bonds is 4. The molecule has 5 heteroatoms. The van der Waals surface area contributed by atoms with E-state index >= 15 is 0 Å². The van der Waals surface area contributed by atoms with Crippen molar-refractivity contribution < 1.29 is 4.74 Å². The van der Waals surface area contributed by atoms with Crippen LogP contribution in [-0.2, 0) is 0 Å². The summed E-state index contributed by atoms with van der Waals surface area (Å²) in [5.41, 5.74) is 0. The summed E-state index contributed by atoms with van der Waals surface area (Å²) >= 11 is 0. The number of hydrogen-bond donors (Lipinski definition) is 1. The van der Waals surface area contributed by atoms with Crippen LogP contribution >= 0.6 is 0 Å². The second-order valence-electron chi connectivity index (χ2n) is 5.41. The van der Waals surface area contributed by atoms with E-state index in [0.717, 1.165) is 38.6 Å².